The molecule has 0 saturated carbocycles. The first-order valence-electron chi connectivity index (χ1n) is 10.6. The van der Waals surface area contributed by atoms with E-state index in [4.69, 9.17) is 16.3 Å². The third-order valence-corrected chi connectivity index (χ3v) is 5.89. The Hall–Kier alpha value is -3.01. The number of amides is 1. The normalized spacial score (nSPS) is 15.6. The third-order valence-electron chi connectivity index (χ3n) is 5.62. The second-order valence-corrected chi connectivity index (χ2v) is 8.21. The summed E-state index contributed by atoms with van der Waals surface area (Å²) in [5.74, 6) is -0.191. The van der Waals surface area contributed by atoms with Gasteiger partial charge in [0.25, 0.3) is 5.91 Å². The van der Waals surface area contributed by atoms with E-state index in [-0.39, 0.29) is 25.1 Å². The first kappa shape index (κ1) is 23.2. The first-order valence-corrected chi connectivity index (χ1v) is 11.0. The van der Waals surface area contributed by atoms with Gasteiger partial charge in [-0.1, -0.05) is 17.7 Å². The van der Waals surface area contributed by atoms with Gasteiger partial charge < -0.3 is 24.6 Å². The van der Waals surface area contributed by atoms with E-state index in [0.717, 1.165) is 0 Å². The van der Waals surface area contributed by atoms with Crippen LogP contribution in [0.2, 0.25) is 5.02 Å². The lowest BCUT2D eigenvalue weighted by atomic mass is 10.0. The van der Waals surface area contributed by atoms with Crippen molar-refractivity contribution in [3.63, 3.8) is 0 Å². The average Bonchev–Trinajstić information content (AvgIpc) is 3.22. The highest BCUT2D eigenvalue weighted by Gasteiger charge is 2.34. The van der Waals surface area contributed by atoms with Gasteiger partial charge in [-0.2, -0.15) is 0 Å². The number of carbonyl (C=O) groups is 1. The zero-order valence-electron chi connectivity index (χ0n) is 18.4. The molecular formula is C23H25ClFN5O3. The van der Waals surface area contributed by atoms with Crippen LogP contribution in [0.4, 0.5) is 10.3 Å². The number of aromatic nitrogens is 3. The van der Waals surface area contributed by atoms with Crippen molar-refractivity contribution in [2.45, 2.75) is 32.7 Å². The van der Waals surface area contributed by atoms with Crippen molar-refractivity contribution in [2.24, 2.45) is 0 Å². The topological polar surface area (TPSA) is 92.5 Å². The van der Waals surface area contributed by atoms with Crippen LogP contribution in [0, 0.1) is 5.82 Å². The Labute approximate surface area is 196 Å². The Morgan fingerprint density at radius 3 is 2.88 bits per heavy atom. The fourth-order valence-corrected chi connectivity index (χ4v) is 4.24. The molecule has 2 aromatic heterocycles. The molecule has 3 heterocycles. The summed E-state index contributed by atoms with van der Waals surface area (Å²) in [5.41, 5.74) is 2.83. The number of aliphatic hydroxyl groups excluding tert-OH is 1. The second-order valence-electron chi connectivity index (χ2n) is 7.80. The lowest BCUT2D eigenvalue weighted by Gasteiger charge is -2.36. The number of nitrogens with one attached hydrogen (secondary N) is 1. The number of fused-ring (bicyclic) bond motifs is 1. The van der Waals surface area contributed by atoms with Gasteiger partial charge in [0.05, 0.1) is 36.2 Å². The van der Waals surface area contributed by atoms with Crippen molar-refractivity contribution >= 4 is 23.5 Å². The van der Waals surface area contributed by atoms with E-state index in [1.54, 1.807) is 18.1 Å². The lowest BCUT2D eigenvalue weighted by Crippen LogP contribution is -2.49. The quantitative estimate of drug-likeness (QED) is 0.521. The molecular weight excluding hydrogens is 449 g/mol. The van der Waals surface area contributed by atoms with E-state index >= 15 is 0 Å². The molecule has 8 nitrogen and oxygen atoms in total. The largest absolute Gasteiger partial charge is 0.392 e. The van der Waals surface area contributed by atoms with Crippen molar-refractivity contribution in [1.82, 2.24) is 19.4 Å². The smallest absolute Gasteiger partial charge is 0.271 e. The molecule has 3 aromatic rings. The van der Waals surface area contributed by atoms with Crippen molar-refractivity contribution in [1.29, 1.82) is 0 Å². The predicted molar refractivity (Wildman–Crippen MR) is 122 cm³/mol. The van der Waals surface area contributed by atoms with Gasteiger partial charge >= 0.3 is 0 Å². The van der Waals surface area contributed by atoms with Crippen molar-refractivity contribution in [3.8, 4) is 11.3 Å². The van der Waals surface area contributed by atoms with Crippen LogP contribution in [0.1, 0.15) is 28.5 Å². The van der Waals surface area contributed by atoms with Gasteiger partial charge in [-0.25, -0.2) is 14.4 Å². The minimum Gasteiger partial charge on any atom is -0.392 e. The molecule has 0 saturated heterocycles. The Morgan fingerprint density at radius 1 is 1.33 bits per heavy atom. The summed E-state index contributed by atoms with van der Waals surface area (Å²) in [7, 11) is 1.57. The molecule has 0 radical (unpaired) electrons. The maximum absolute atomic E-state index is 13.9. The first-order chi connectivity index (χ1) is 15.9. The number of ether oxygens (including phenoxy) is 1. The summed E-state index contributed by atoms with van der Waals surface area (Å²) in [6.07, 6.45) is 3.37. The molecule has 0 spiro atoms. The molecule has 0 aliphatic carbocycles. The molecule has 1 atom stereocenters. The standard InChI is InChI=1S/C23H25ClFN5O3/c1-3-26-23-27-8-19(24)21(28-23)16-7-20-22(32)30(18(13-33-2)11-29(20)9-16)10-15-6-17(25)5-4-14(15)12-31/h4-9,18,31H,3,10-13H2,1-2H3,(H,26,27,28)/t18-/m1/s1. The fourth-order valence-electron chi connectivity index (χ4n) is 4.04. The predicted octanol–water partition coefficient (Wildman–Crippen LogP) is 3.33. The Morgan fingerprint density at radius 2 is 2.15 bits per heavy atom. The summed E-state index contributed by atoms with van der Waals surface area (Å²) in [6.45, 7) is 3.31. The summed E-state index contributed by atoms with van der Waals surface area (Å²) in [6, 6.07) is 5.66. The van der Waals surface area contributed by atoms with E-state index in [9.17, 15) is 14.3 Å². The highest BCUT2D eigenvalue weighted by molar-refractivity contribution is 6.33. The maximum atomic E-state index is 13.9. The fraction of sp³-hybridized carbons (Fsp3) is 0.348. The summed E-state index contributed by atoms with van der Waals surface area (Å²) in [4.78, 5) is 23.8. The van der Waals surface area contributed by atoms with Crippen molar-refractivity contribution < 1.29 is 19.0 Å². The van der Waals surface area contributed by atoms with E-state index in [1.807, 2.05) is 17.7 Å². The number of anilines is 1. The SMILES string of the molecule is CCNc1ncc(Cl)c(-c2cc3n(c2)C[C@H](COC)N(Cc2cc(F)ccc2CO)C3=O)n1. The van der Waals surface area contributed by atoms with E-state index in [1.165, 1.54) is 24.4 Å². The number of aliphatic hydroxyl groups is 1. The maximum Gasteiger partial charge on any atom is 0.271 e. The summed E-state index contributed by atoms with van der Waals surface area (Å²) < 4.78 is 21.1. The number of rotatable bonds is 8. The van der Waals surface area contributed by atoms with Crippen LogP contribution in [0.3, 0.4) is 0 Å². The number of carbonyl (C=O) groups excluding carboxylic acids is 1. The number of hydrogen-bond acceptors (Lipinski definition) is 6. The Bertz CT molecular complexity index is 1170. The highest BCUT2D eigenvalue weighted by atomic mass is 35.5. The van der Waals surface area contributed by atoms with Gasteiger partial charge in [-0.3, -0.25) is 4.79 Å². The molecule has 1 aromatic carbocycles. The minimum atomic E-state index is -0.421. The van der Waals surface area contributed by atoms with Crippen LogP contribution in [0.25, 0.3) is 11.3 Å². The van der Waals surface area contributed by atoms with Crippen LogP contribution >= 0.6 is 11.6 Å². The molecule has 174 valence electrons. The molecule has 1 aliphatic heterocycles. The lowest BCUT2D eigenvalue weighted by molar-refractivity contribution is 0.0386. The molecule has 1 aliphatic rings. The highest BCUT2D eigenvalue weighted by Crippen LogP contribution is 2.31. The van der Waals surface area contributed by atoms with Gasteiger partial charge in [-0.15, -0.1) is 0 Å². The number of benzene rings is 1. The van der Waals surface area contributed by atoms with E-state index < -0.39 is 5.82 Å². The molecule has 33 heavy (non-hydrogen) atoms. The average molecular weight is 474 g/mol. The van der Waals surface area contributed by atoms with Gasteiger partial charge in [-0.05, 0) is 36.2 Å². The second kappa shape index (κ2) is 9.86. The summed E-state index contributed by atoms with van der Waals surface area (Å²) in [5, 5.41) is 13.1. The van der Waals surface area contributed by atoms with Crippen LogP contribution in [0.15, 0.2) is 36.7 Å². The van der Waals surface area contributed by atoms with E-state index in [0.29, 0.717) is 58.7 Å². The van der Waals surface area contributed by atoms with Crippen molar-refractivity contribution in [3.05, 3.63) is 64.3 Å². The molecule has 1 amide bonds. The molecule has 0 fully saturated rings. The van der Waals surface area contributed by atoms with Crippen LogP contribution < -0.4 is 5.32 Å². The number of methoxy groups -OCH3 is 1. The molecule has 10 heteroatoms. The van der Waals surface area contributed by atoms with E-state index in [2.05, 4.69) is 15.3 Å². The molecule has 0 unspecified atom stereocenters. The summed E-state index contributed by atoms with van der Waals surface area (Å²) >= 11 is 6.36. The number of hydrogen-bond donors (Lipinski definition) is 2. The Kier molecular flexibility index (Phi) is 6.92. The number of nitrogens with zero attached hydrogens (tertiary/aromatic N) is 4. The third kappa shape index (κ3) is 4.71. The van der Waals surface area contributed by atoms with Gasteiger partial charge in [0, 0.05) is 38.5 Å². The van der Waals surface area contributed by atoms with Gasteiger partial charge in [0.1, 0.15) is 11.5 Å². The van der Waals surface area contributed by atoms with Gasteiger partial charge in [0.15, 0.2) is 0 Å². The van der Waals surface area contributed by atoms with Crippen LogP contribution in [-0.4, -0.2) is 56.8 Å². The minimum absolute atomic E-state index is 0.153. The zero-order valence-corrected chi connectivity index (χ0v) is 19.1. The number of halogens is 2. The van der Waals surface area contributed by atoms with Crippen LogP contribution in [-0.2, 0) is 24.4 Å². The van der Waals surface area contributed by atoms with Gasteiger partial charge in [0.2, 0.25) is 5.95 Å². The van der Waals surface area contributed by atoms with Crippen molar-refractivity contribution in [2.75, 3.05) is 25.6 Å². The zero-order chi connectivity index (χ0) is 23.5. The monoisotopic (exact) mass is 473 g/mol. The van der Waals surface area contributed by atoms with Crippen LogP contribution in [0.5, 0.6) is 0 Å². The molecule has 2 N–H and O–H groups in total. The molecule has 0 bridgehead atoms. The molecule has 4 rings (SSSR count). The Balaban J connectivity index is 1.70.